The van der Waals surface area contributed by atoms with Crippen molar-refractivity contribution >= 4 is 39.5 Å². The number of nitrogens with two attached hydrogens (primary N) is 1. The molecule has 10 heteroatoms. The Balaban J connectivity index is 2.79. The zero-order chi connectivity index (χ0) is 20.4. The molecule has 0 aromatic heterocycles. The zero-order valence-electron chi connectivity index (χ0n) is 15.0. The van der Waals surface area contributed by atoms with E-state index < -0.39 is 27.9 Å². The number of nitrogens with one attached hydrogen (secondary N) is 1. The molecular weight excluding hydrogens is 396 g/mol. The lowest BCUT2D eigenvalue weighted by atomic mass is 10.1. The number of halogens is 1. The number of unbranched alkanes of at least 4 members (excludes halogenated alkanes) is 3. The number of esters is 1. The first-order valence-corrected chi connectivity index (χ1v) is 10.4. The highest BCUT2D eigenvalue weighted by Gasteiger charge is 2.20. The Morgan fingerprint density at radius 1 is 1.15 bits per heavy atom. The summed E-state index contributed by atoms with van der Waals surface area (Å²) in [6.07, 6.45) is 1.79. The quantitative estimate of drug-likeness (QED) is 0.245. The van der Waals surface area contributed by atoms with Gasteiger partial charge >= 0.3 is 12.1 Å². The van der Waals surface area contributed by atoms with Gasteiger partial charge in [0.1, 0.15) is 4.90 Å². The molecule has 0 atom stereocenters. The van der Waals surface area contributed by atoms with Crippen molar-refractivity contribution in [2.24, 2.45) is 5.73 Å². The molecule has 1 aromatic rings. The number of hydrogen-bond donors (Lipinski definition) is 2. The number of rotatable bonds is 11. The number of primary amides is 1. The molecule has 8 nitrogen and oxygen atoms in total. The molecule has 3 N–H and O–H groups in total. The number of ketones is 1. The fourth-order valence-corrected chi connectivity index (χ4v) is 3.84. The third-order valence-corrected chi connectivity index (χ3v) is 5.58. The van der Waals surface area contributed by atoms with Crippen LogP contribution < -0.4 is 10.5 Å². The largest absolute Gasteiger partial charge is 0.412 e. The van der Waals surface area contributed by atoms with Gasteiger partial charge in [-0.15, -0.1) is 0 Å². The van der Waals surface area contributed by atoms with Crippen molar-refractivity contribution in [3.05, 3.63) is 28.8 Å². The fourth-order valence-electron chi connectivity index (χ4n) is 2.24. The Morgan fingerprint density at radius 2 is 1.85 bits per heavy atom. The number of Topliss-reactive ketones (excluding diaryl/α,β-unsaturated/α-hetero) is 1. The second-order valence-electron chi connectivity index (χ2n) is 5.82. The lowest BCUT2D eigenvalue weighted by molar-refractivity contribution is -0.137. The third-order valence-electron chi connectivity index (χ3n) is 3.64. The van der Waals surface area contributed by atoms with Gasteiger partial charge in [-0.3, -0.25) is 9.59 Å². The van der Waals surface area contributed by atoms with Gasteiger partial charge in [-0.1, -0.05) is 37.8 Å². The van der Waals surface area contributed by atoms with Crippen molar-refractivity contribution in [3.63, 3.8) is 0 Å². The van der Waals surface area contributed by atoms with Gasteiger partial charge in [0.05, 0.1) is 11.4 Å². The first kappa shape index (κ1) is 23.1. The minimum absolute atomic E-state index is 0.0132. The third kappa shape index (κ3) is 8.06. The maximum atomic E-state index is 12.4. The van der Waals surface area contributed by atoms with Gasteiger partial charge in [-0.2, -0.15) is 0 Å². The summed E-state index contributed by atoms with van der Waals surface area (Å²) in [5.41, 5.74) is 4.79. The summed E-state index contributed by atoms with van der Waals surface area (Å²) in [7, 11) is -3.87. The van der Waals surface area contributed by atoms with Gasteiger partial charge in [0.15, 0.2) is 5.78 Å². The maximum Gasteiger partial charge on any atom is 0.412 e. The van der Waals surface area contributed by atoms with Crippen LogP contribution in [0.2, 0.25) is 5.02 Å². The van der Waals surface area contributed by atoms with Crippen molar-refractivity contribution in [2.75, 3.05) is 6.54 Å². The number of carbonyl (C=O) groups is 3. The summed E-state index contributed by atoms with van der Waals surface area (Å²) in [6.45, 7) is 2.33. The van der Waals surface area contributed by atoms with E-state index in [1.807, 2.05) is 0 Å². The first-order chi connectivity index (χ1) is 12.7. The smallest absolute Gasteiger partial charge is 0.376 e. The molecule has 0 aliphatic rings. The van der Waals surface area contributed by atoms with Crippen LogP contribution in [-0.2, 0) is 19.6 Å². The highest BCUT2D eigenvalue weighted by atomic mass is 35.5. The normalized spacial score (nSPS) is 11.2. The summed E-state index contributed by atoms with van der Waals surface area (Å²) in [5, 5.41) is -0.0132. The molecule has 0 unspecified atom stereocenters. The molecule has 0 aliphatic heterocycles. The second-order valence-corrected chi connectivity index (χ2v) is 7.96. The summed E-state index contributed by atoms with van der Waals surface area (Å²) in [5.74, 6) is -1.43. The maximum absolute atomic E-state index is 12.4. The van der Waals surface area contributed by atoms with Crippen LogP contribution in [0.25, 0.3) is 0 Å². The number of sulfonamides is 1. The van der Waals surface area contributed by atoms with E-state index in [9.17, 15) is 22.8 Å². The summed E-state index contributed by atoms with van der Waals surface area (Å²) in [4.78, 5) is 33.7. The highest BCUT2D eigenvalue weighted by molar-refractivity contribution is 7.89. The first-order valence-electron chi connectivity index (χ1n) is 8.50. The second kappa shape index (κ2) is 11.0. The SMILES string of the molecule is CCCCCCNS(=O)(=O)c1cc(C(=O)CCC(=O)OC(N)=O)ccc1Cl. The fraction of sp³-hybridized carbons (Fsp3) is 0.471. The van der Waals surface area contributed by atoms with Gasteiger partial charge in [0.25, 0.3) is 0 Å². The van der Waals surface area contributed by atoms with Crippen LogP contribution >= 0.6 is 11.6 Å². The van der Waals surface area contributed by atoms with Crippen molar-refractivity contribution in [1.29, 1.82) is 0 Å². The Hall–Kier alpha value is -1.97. The van der Waals surface area contributed by atoms with Crippen LogP contribution in [0.5, 0.6) is 0 Å². The molecule has 0 saturated carbocycles. The Morgan fingerprint density at radius 3 is 2.48 bits per heavy atom. The minimum atomic E-state index is -3.87. The zero-order valence-corrected chi connectivity index (χ0v) is 16.6. The van der Waals surface area contributed by atoms with E-state index >= 15 is 0 Å². The summed E-state index contributed by atoms with van der Waals surface area (Å²) >= 11 is 5.98. The van der Waals surface area contributed by atoms with Gasteiger partial charge < -0.3 is 10.5 Å². The molecular formula is C17H23ClN2O6S. The predicted octanol–water partition coefficient (Wildman–Crippen LogP) is 2.78. The average molecular weight is 419 g/mol. The van der Waals surface area contributed by atoms with Gasteiger partial charge in [-0.05, 0) is 24.6 Å². The van der Waals surface area contributed by atoms with Crippen molar-refractivity contribution in [1.82, 2.24) is 4.72 Å². The number of amides is 1. The van der Waals surface area contributed by atoms with E-state index in [2.05, 4.69) is 16.4 Å². The lowest BCUT2D eigenvalue weighted by Gasteiger charge is -2.10. The van der Waals surface area contributed by atoms with E-state index in [0.29, 0.717) is 6.42 Å². The Bertz CT molecular complexity index is 795. The Kier molecular flexibility index (Phi) is 9.40. The van der Waals surface area contributed by atoms with Crippen LogP contribution in [0.1, 0.15) is 55.8 Å². The van der Waals surface area contributed by atoms with E-state index in [0.717, 1.165) is 19.3 Å². The number of carbonyl (C=O) groups excluding carboxylic acids is 3. The molecule has 27 heavy (non-hydrogen) atoms. The molecule has 0 fully saturated rings. The molecule has 0 heterocycles. The Labute approximate surface area is 163 Å². The van der Waals surface area contributed by atoms with E-state index in [4.69, 9.17) is 17.3 Å². The molecule has 0 bridgehead atoms. The van der Waals surface area contributed by atoms with Crippen LogP contribution in [0.15, 0.2) is 23.1 Å². The predicted molar refractivity (Wildman–Crippen MR) is 100 cm³/mol. The van der Waals surface area contributed by atoms with Crippen LogP contribution in [0.4, 0.5) is 4.79 Å². The molecule has 0 saturated heterocycles. The molecule has 1 rings (SSSR count). The highest BCUT2D eigenvalue weighted by Crippen LogP contribution is 2.23. The minimum Gasteiger partial charge on any atom is -0.376 e. The number of hydrogen-bond acceptors (Lipinski definition) is 6. The molecule has 0 aliphatic carbocycles. The van der Waals surface area contributed by atoms with E-state index in [1.165, 1.54) is 18.2 Å². The van der Waals surface area contributed by atoms with Gasteiger partial charge in [-0.25, -0.2) is 17.9 Å². The topological polar surface area (TPSA) is 133 Å². The summed E-state index contributed by atoms with van der Waals surface area (Å²) < 4.78 is 31.4. The molecule has 150 valence electrons. The molecule has 1 aromatic carbocycles. The average Bonchev–Trinajstić information content (AvgIpc) is 2.59. The van der Waals surface area contributed by atoms with Gasteiger partial charge in [0, 0.05) is 18.5 Å². The molecule has 0 spiro atoms. The van der Waals surface area contributed by atoms with Crippen LogP contribution in [0.3, 0.4) is 0 Å². The molecule has 0 radical (unpaired) electrons. The van der Waals surface area contributed by atoms with Crippen LogP contribution in [-0.4, -0.2) is 32.8 Å². The van der Waals surface area contributed by atoms with Crippen LogP contribution in [0, 0.1) is 0 Å². The summed E-state index contributed by atoms with van der Waals surface area (Å²) in [6, 6.07) is 3.84. The van der Waals surface area contributed by atoms with Crippen molar-refractivity contribution < 1.29 is 27.5 Å². The monoisotopic (exact) mass is 418 g/mol. The van der Waals surface area contributed by atoms with E-state index in [1.54, 1.807) is 0 Å². The standard InChI is InChI=1S/C17H23ClN2O6S/c1-2-3-4-5-10-20-27(24,25)15-11-12(6-7-13(15)18)14(21)8-9-16(22)26-17(19)23/h6-7,11,20H,2-5,8-10H2,1H3,(H2,19,23). The molecule has 1 amide bonds. The van der Waals surface area contributed by atoms with E-state index in [-0.39, 0.29) is 34.9 Å². The van der Waals surface area contributed by atoms with Crippen molar-refractivity contribution in [3.8, 4) is 0 Å². The number of ether oxygens (including phenoxy) is 1. The van der Waals surface area contributed by atoms with Gasteiger partial charge in [0.2, 0.25) is 10.0 Å². The van der Waals surface area contributed by atoms with Crippen molar-refractivity contribution in [2.45, 2.75) is 50.3 Å². The lowest BCUT2D eigenvalue weighted by Crippen LogP contribution is -2.25. The number of benzene rings is 1.